The third-order valence-corrected chi connectivity index (χ3v) is 3.76. The summed E-state index contributed by atoms with van der Waals surface area (Å²) in [6.45, 7) is 2.10. The summed E-state index contributed by atoms with van der Waals surface area (Å²) >= 11 is 0. The van der Waals surface area contributed by atoms with Crippen LogP contribution in [-0.2, 0) is 12.8 Å². The maximum Gasteiger partial charge on any atom is 0.161 e. The van der Waals surface area contributed by atoms with Crippen LogP contribution in [0.1, 0.15) is 28.8 Å². The number of nitrogens with zero attached hydrogens (tertiary/aromatic N) is 4. The van der Waals surface area contributed by atoms with Gasteiger partial charge in [0, 0.05) is 30.9 Å². The van der Waals surface area contributed by atoms with Crippen LogP contribution < -0.4 is 0 Å². The number of fused-ring (bicyclic) bond motifs is 1. The summed E-state index contributed by atoms with van der Waals surface area (Å²) in [6.07, 6.45) is 4.86. The molecule has 0 unspecified atom stereocenters. The summed E-state index contributed by atoms with van der Waals surface area (Å²) in [5, 5.41) is 0. The molecule has 0 atom stereocenters. The number of hydrogen-bond acceptors (Lipinski definition) is 3. The van der Waals surface area contributed by atoms with Crippen molar-refractivity contribution in [3.05, 3.63) is 53.0 Å². The van der Waals surface area contributed by atoms with Gasteiger partial charge < -0.3 is 4.90 Å². The molecule has 0 saturated heterocycles. The van der Waals surface area contributed by atoms with E-state index in [0.29, 0.717) is 0 Å². The molecule has 0 spiro atoms. The average Bonchev–Trinajstić information content (AvgIpc) is 2.93. The molecule has 4 heteroatoms. The lowest BCUT2D eigenvalue weighted by molar-refractivity contribution is 0.623. The molecule has 0 saturated carbocycles. The van der Waals surface area contributed by atoms with E-state index in [1.807, 2.05) is 19.0 Å². The minimum Gasteiger partial charge on any atom is -0.362 e. The first-order valence-electron chi connectivity index (χ1n) is 7.31. The molecule has 108 valence electrons. The van der Waals surface area contributed by atoms with Crippen molar-refractivity contribution in [2.75, 3.05) is 14.1 Å². The maximum atomic E-state index is 4.83. The molecule has 1 aromatic carbocycles. The Labute approximate surface area is 125 Å². The van der Waals surface area contributed by atoms with Gasteiger partial charge in [-0.2, -0.15) is 0 Å². The third kappa shape index (κ3) is 2.79. The lowest BCUT2D eigenvalue weighted by atomic mass is 10.1. The lowest BCUT2D eigenvalue weighted by Crippen LogP contribution is -2.23. The molecule has 1 aromatic heterocycles. The molecule has 0 radical (unpaired) electrons. The number of amidine groups is 1. The van der Waals surface area contributed by atoms with Gasteiger partial charge in [0.1, 0.15) is 12.2 Å². The molecular formula is C17H20N4. The van der Waals surface area contributed by atoms with Gasteiger partial charge in [-0.15, -0.1) is 0 Å². The molecule has 0 bridgehead atoms. The van der Waals surface area contributed by atoms with Crippen molar-refractivity contribution in [3.8, 4) is 0 Å². The molecule has 3 rings (SSSR count). The number of aryl methyl sites for hydroxylation is 2. The topological polar surface area (TPSA) is 41.4 Å². The van der Waals surface area contributed by atoms with Crippen molar-refractivity contribution in [1.29, 1.82) is 0 Å². The van der Waals surface area contributed by atoms with Crippen LogP contribution in [0.25, 0.3) is 0 Å². The first kappa shape index (κ1) is 13.7. The number of aromatic nitrogens is 2. The highest BCUT2D eigenvalue weighted by Crippen LogP contribution is 2.27. The van der Waals surface area contributed by atoms with Gasteiger partial charge >= 0.3 is 0 Å². The second-order valence-corrected chi connectivity index (χ2v) is 5.68. The van der Waals surface area contributed by atoms with Crippen LogP contribution in [-0.4, -0.2) is 34.8 Å². The lowest BCUT2D eigenvalue weighted by Gasteiger charge is -2.17. The minimum atomic E-state index is 0.822. The summed E-state index contributed by atoms with van der Waals surface area (Å²) in [7, 11) is 4.03. The van der Waals surface area contributed by atoms with E-state index < -0.39 is 0 Å². The fourth-order valence-corrected chi connectivity index (χ4v) is 2.75. The van der Waals surface area contributed by atoms with Crippen molar-refractivity contribution in [1.82, 2.24) is 14.9 Å². The molecule has 2 aromatic rings. The molecule has 0 N–H and O–H groups in total. The van der Waals surface area contributed by atoms with Gasteiger partial charge in [0.2, 0.25) is 0 Å². The van der Waals surface area contributed by atoms with E-state index in [9.17, 15) is 0 Å². The number of aliphatic imine (C=N–C) groups is 1. The summed E-state index contributed by atoms with van der Waals surface area (Å²) in [4.78, 5) is 15.6. The van der Waals surface area contributed by atoms with Crippen LogP contribution >= 0.6 is 0 Å². The van der Waals surface area contributed by atoms with Gasteiger partial charge in [-0.3, -0.25) is 0 Å². The number of benzene rings is 1. The van der Waals surface area contributed by atoms with Crippen LogP contribution in [0.3, 0.4) is 0 Å². The predicted octanol–water partition coefficient (Wildman–Crippen LogP) is 2.91. The van der Waals surface area contributed by atoms with E-state index in [-0.39, 0.29) is 0 Å². The zero-order valence-corrected chi connectivity index (χ0v) is 12.8. The SMILES string of the molecule is Cc1cccc(C(=Nc2ncnc3c2CCC3)N(C)C)c1. The van der Waals surface area contributed by atoms with E-state index in [4.69, 9.17) is 4.99 Å². The Morgan fingerprint density at radius 2 is 2.05 bits per heavy atom. The normalized spacial score (nSPS) is 14.1. The molecule has 21 heavy (non-hydrogen) atoms. The first-order valence-corrected chi connectivity index (χ1v) is 7.31. The minimum absolute atomic E-state index is 0.822. The van der Waals surface area contributed by atoms with Gasteiger partial charge in [0.15, 0.2) is 5.82 Å². The molecule has 0 amide bonds. The van der Waals surface area contributed by atoms with E-state index in [1.165, 1.54) is 11.1 Å². The van der Waals surface area contributed by atoms with Crippen molar-refractivity contribution < 1.29 is 0 Å². The fourth-order valence-electron chi connectivity index (χ4n) is 2.75. The van der Waals surface area contributed by atoms with Gasteiger partial charge in [-0.25, -0.2) is 15.0 Å². The van der Waals surface area contributed by atoms with Crippen LogP contribution in [0.5, 0.6) is 0 Å². The Morgan fingerprint density at radius 3 is 2.81 bits per heavy atom. The van der Waals surface area contributed by atoms with Gasteiger partial charge in [-0.05, 0) is 32.3 Å². The van der Waals surface area contributed by atoms with E-state index in [2.05, 4.69) is 41.2 Å². The molecule has 1 heterocycles. The zero-order valence-electron chi connectivity index (χ0n) is 12.8. The highest BCUT2D eigenvalue weighted by Gasteiger charge is 2.18. The summed E-state index contributed by atoms with van der Waals surface area (Å²) in [6, 6.07) is 8.40. The maximum absolute atomic E-state index is 4.83. The van der Waals surface area contributed by atoms with Gasteiger partial charge in [0.25, 0.3) is 0 Å². The van der Waals surface area contributed by atoms with Crippen molar-refractivity contribution in [3.63, 3.8) is 0 Å². The fraction of sp³-hybridized carbons (Fsp3) is 0.353. The molecular weight excluding hydrogens is 260 g/mol. The molecule has 4 nitrogen and oxygen atoms in total. The number of hydrogen-bond donors (Lipinski definition) is 0. The van der Waals surface area contributed by atoms with Crippen LogP contribution in [0, 0.1) is 6.92 Å². The van der Waals surface area contributed by atoms with Crippen molar-refractivity contribution in [2.45, 2.75) is 26.2 Å². The second kappa shape index (κ2) is 5.64. The Balaban J connectivity index is 2.08. The zero-order chi connectivity index (χ0) is 14.8. The Bertz CT molecular complexity index is 689. The Hall–Kier alpha value is -2.23. The molecule has 0 fully saturated rings. The summed E-state index contributed by atoms with van der Waals surface area (Å²) in [5.41, 5.74) is 4.72. The second-order valence-electron chi connectivity index (χ2n) is 5.68. The summed E-state index contributed by atoms with van der Waals surface area (Å²) in [5.74, 6) is 1.76. The standard InChI is InChI=1S/C17H20N4/c1-12-6-4-7-13(10-12)17(21(2)3)20-16-14-8-5-9-15(14)18-11-19-16/h4,6-7,10-11H,5,8-9H2,1-3H3. The smallest absolute Gasteiger partial charge is 0.161 e. The monoisotopic (exact) mass is 280 g/mol. The summed E-state index contributed by atoms with van der Waals surface area (Å²) < 4.78 is 0. The molecule has 0 aliphatic heterocycles. The van der Waals surface area contributed by atoms with Crippen LogP contribution in [0.4, 0.5) is 5.82 Å². The Kier molecular flexibility index (Phi) is 3.69. The number of rotatable bonds is 2. The van der Waals surface area contributed by atoms with Crippen molar-refractivity contribution >= 4 is 11.7 Å². The first-order chi connectivity index (χ1) is 10.1. The predicted molar refractivity (Wildman–Crippen MR) is 85.1 cm³/mol. The van der Waals surface area contributed by atoms with E-state index >= 15 is 0 Å². The van der Waals surface area contributed by atoms with Crippen molar-refractivity contribution in [2.24, 2.45) is 4.99 Å². The largest absolute Gasteiger partial charge is 0.362 e. The quantitative estimate of drug-likeness (QED) is 0.627. The Morgan fingerprint density at radius 1 is 1.19 bits per heavy atom. The third-order valence-electron chi connectivity index (χ3n) is 3.76. The van der Waals surface area contributed by atoms with E-state index in [1.54, 1.807) is 6.33 Å². The van der Waals surface area contributed by atoms with Gasteiger partial charge in [0.05, 0.1) is 0 Å². The average molecular weight is 280 g/mol. The highest BCUT2D eigenvalue weighted by atomic mass is 15.2. The van der Waals surface area contributed by atoms with E-state index in [0.717, 1.165) is 42.2 Å². The van der Waals surface area contributed by atoms with Gasteiger partial charge in [-0.1, -0.05) is 23.8 Å². The molecule has 1 aliphatic carbocycles. The molecule has 1 aliphatic rings. The highest BCUT2D eigenvalue weighted by molar-refractivity contribution is 6.00. The van der Waals surface area contributed by atoms with Crippen LogP contribution in [0.15, 0.2) is 35.6 Å². The van der Waals surface area contributed by atoms with Crippen LogP contribution in [0.2, 0.25) is 0 Å².